The molecule has 2 N–H and O–H groups in total. The van der Waals surface area contributed by atoms with E-state index in [1.54, 1.807) is 12.1 Å². The lowest BCUT2D eigenvalue weighted by Crippen LogP contribution is -2.26. The molecule has 0 spiro atoms. The minimum Gasteiger partial charge on any atom is -0.507 e. The molecule has 3 rings (SSSR count). The molecule has 1 saturated carbocycles. The minimum atomic E-state index is 0.225. The normalized spacial score (nSPS) is 23.6. The van der Waals surface area contributed by atoms with Gasteiger partial charge in [-0.15, -0.1) is 0 Å². The van der Waals surface area contributed by atoms with Gasteiger partial charge in [0.15, 0.2) is 0 Å². The first-order valence-corrected chi connectivity index (χ1v) is 9.74. The van der Waals surface area contributed by atoms with Crippen LogP contribution in [0.4, 0.5) is 0 Å². The third-order valence-electron chi connectivity index (χ3n) is 5.82. The highest BCUT2D eigenvalue weighted by molar-refractivity contribution is 5.71. The molecule has 3 unspecified atom stereocenters. The molecule has 2 aromatic carbocycles. The van der Waals surface area contributed by atoms with Crippen LogP contribution in [0.5, 0.6) is 11.5 Å². The maximum Gasteiger partial charge on any atom is 0.123 e. The second-order valence-corrected chi connectivity index (χ2v) is 8.15. The molecule has 2 heteroatoms. The molecule has 1 aliphatic rings. The number of phenolic OH excluding ortho intramolecular Hbond substituents is 2. The summed E-state index contributed by atoms with van der Waals surface area (Å²) in [6.07, 6.45) is 7.36. The van der Waals surface area contributed by atoms with Gasteiger partial charge in [-0.25, -0.2) is 0 Å². The Bertz CT molecular complexity index is 738. The van der Waals surface area contributed by atoms with Crippen LogP contribution >= 0.6 is 0 Å². The smallest absolute Gasteiger partial charge is 0.123 e. The third-order valence-corrected chi connectivity index (χ3v) is 5.82. The second kappa shape index (κ2) is 7.99. The molecule has 1 fully saturated rings. The molecule has 1 aliphatic carbocycles. The lowest BCUT2D eigenvalue weighted by molar-refractivity contribution is 0.192. The number of phenols is 2. The average molecular weight is 351 g/mol. The largest absolute Gasteiger partial charge is 0.507 e. The van der Waals surface area contributed by atoms with Gasteiger partial charge in [-0.05, 0) is 59.8 Å². The monoisotopic (exact) mass is 350 g/mol. The van der Waals surface area contributed by atoms with Crippen LogP contribution in [0.2, 0.25) is 0 Å². The van der Waals surface area contributed by atoms with Crippen LogP contribution in [0.25, 0.3) is 12.2 Å². The van der Waals surface area contributed by atoms with E-state index >= 15 is 0 Å². The van der Waals surface area contributed by atoms with Crippen molar-refractivity contribution in [1.29, 1.82) is 0 Å². The molecule has 138 valence electrons. The fourth-order valence-corrected chi connectivity index (χ4v) is 4.41. The van der Waals surface area contributed by atoms with Gasteiger partial charge in [0.2, 0.25) is 0 Å². The van der Waals surface area contributed by atoms with Crippen LogP contribution < -0.4 is 0 Å². The molecule has 3 atom stereocenters. The number of aromatic hydroxyl groups is 2. The van der Waals surface area contributed by atoms with Gasteiger partial charge in [0.05, 0.1) is 0 Å². The zero-order valence-electron chi connectivity index (χ0n) is 16.0. The molecule has 0 aliphatic heterocycles. The quantitative estimate of drug-likeness (QED) is 0.623. The van der Waals surface area contributed by atoms with E-state index in [-0.39, 0.29) is 17.4 Å². The maximum absolute atomic E-state index is 10.7. The Morgan fingerprint density at radius 3 is 2.15 bits per heavy atom. The van der Waals surface area contributed by atoms with Crippen LogP contribution in [0.15, 0.2) is 42.5 Å². The molecular formula is C24H30O2. The van der Waals surface area contributed by atoms with Crippen molar-refractivity contribution in [2.45, 2.75) is 46.0 Å². The van der Waals surface area contributed by atoms with E-state index in [4.69, 9.17) is 0 Å². The number of hydrogen-bond acceptors (Lipinski definition) is 2. The van der Waals surface area contributed by atoms with Crippen molar-refractivity contribution in [2.24, 2.45) is 17.8 Å². The van der Waals surface area contributed by atoms with E-state index in [1.165, 1.54) is 6.42 Å². The average Bonchev–Trinajstić information content (AvgIpc) is 2.60. The standard InChI is InChI=1S/C24H30O2/c1-16(2)20-12-9-17(3)13-21(20)24-22(25)14-19(15-23(24)26)11-10-18-7-5-4-6-8-18/h4-8,10-11,14-17,20-21,25-26H,9,12-13H2,1-3H3/b11-10+. The molecule has 0 aromatic heterocycles. The first-order valence-electron chi connectivity index (χ1n) is 9.74. The summed E-state index contributed by atoms with van der Waals surface area (Å²) in [5.41, 5.74) is 2.65. The Morgan fingerprint density at radius 1 is 0.923 bits per heavy atom. The molecule has 0 amide bonds. The first-order chi connectivity index (χ1) is 12.5. The van der Waals surface area contributed by atoms with E-state index < -0.39 is 0 Å². The van der Waals surface area contributed by atoms with Crippen molar-refractivity contribution >= 4 is 12.2 Å². The van der Waals surface area contributed by atoms with Crippen molar-refractivity contribution in [3.63, 3.8) is 0 Å². The van der Waals surface area contributed by atoms with Gasteiger partial charge in [-0.1, -0.05) is 69.7 Å². The summed E-state index contributed by atoms with van der Waals surface area (Å²) >= 11 is 0. The van der Waals surface area contributed by atoms with E-state index in [9.17, 15) is 10.2 Å². The van der Waals surface area contributed by atoms with Crippen molar-refractivity contribution in [2.75, 3.05) is 0 Å². The van der Waals surface area contributed by atoms with Gasteiger partial charge in [-0.2, -0.15) is 0 Å². The molecule has 0 saturated heterocycles. The summed E-state index contributed by atoms with van der Waals surface area (Å²) in [5.74, 6) is 2.36. The van der Waals surface area contributed by atoms with E-state index in [0.29, 0.717) is 17.8 Å². The molecule has 26 heavy (non-hydrogen) atoms. The van der Waals surface area contributed by atoms with Crippen molar-refractivity contribution < 1.29 is 10.2 Å². The molecule has 0 heterocycles. The molecular weight excluding hydrogens is 320 g/mol. The molecule has 2 aromatic rings. The number of hydrogen-bond donors (Lipinski definition) is 2. The second-order valence-electron chi connectivity index (χ2n) is 8.15. The summed E-state index contributed by atoms with van der Waals surface area (Å²) in [6.45, 7) is 6.77. The Kier molecular flexibility index (Phi) is 5.70. The van der Waals surface area contributed by atoms with Crippen molar-refractivity contribution in [3.8, 4) is 11.5 Å². The minimum absolute atomic E-state index is 0.225. The van der Waals surface area contributed by atoms with E-state index in [2.05, 4.69) is 20.8 Å². The fourth-order valence-electron chi connectivity index (χ4n) is 4.41. The summed E-state index contributed by atoms with van der Waals surface area (Å²) < 4.78 is 0. The van der Waals surface area contributed by atoms with Gasteiger partial charge in [0.1, 0.15) is 11.5 Å². The van der Waals surface area contributed by atoms with Crippen LogP contribution in [0.1, 0.15) is 62.6 Å². The van der Waals surface area contributed by atoms with Crippen LogP contribution in [0, 0.1) is 17.8 Å². The number of rotatable bonds is 4. The Hall–Kier alpha value is -2.22. The zero-order chi connectivity index (χ0) is 18.7. The highest BCUT2D eigenvalue weighted by Gasteiger charge is 2.34. The summed E-state index contributed by atoms with van der Waals surface area (Å²) in [4.78, 5) is 0. The molecule has 0 bridgehead atoms. The predicted octanol–water partition coefficient (Wildman–Crippen LogP) is 6.44. The highest BCUT2D eigenvalue weighted by atomic mass is 16.3. The lowest BCUT2D eigenvalue weighted by atomic mass is 9.67. The predicted molar refractivity (Wildman–Crippen MR) is 109 cm³/mol. The van der Waals surface area contributed by atoms with Crippen LogP contribution in [0.3, 0.4) is 0 Å². The van der Waals surface area contributed by atoms with Crippen molar-refractivity contribution in [3.05, 3.63) is 59.2 Å². The van der Waals surface area contributed by atoms with Gasteiger partial charge >= 0.3 is 0 Å². The van der Waals surface area contributed by atoms with Gasteiger partial charge < -0.3 is 10.2 Å². The van der Waals surface area contributed by atoms with Crippen LogP contribution in [-0.4, -0.2) is 10.2 Å². The number of benzene rings is 2. The van der Waals surface area contributed by atoms with Crippen molar-refractivity contribution in [1.82, 2.24) is 0 Å². The van der Waals surface area contributed by atoms with Crippen LogP contribution in [-0.2, 0) is 0 Å². The Morgan fingerprint density at radius 2 is 1.54 bits per heavy atom. The van der Waals surface area contributed by atoms with E-state index in [1.807, 2.05) is 42.5 Å². The first kappa shape index (κ1) is 18.6. The van der Waals surface area contributed by atoms with Gasteiger partial charge in [-0.3, -0.25) is 0 Å². The Labute approximate surface area is 157 Å². The van der Waals surface area contributed by atoms with E-state index in [0.717, 1.165) is 29.5 Å². The fraction of sp³-hybridized carbons (Fsp3) is 0.417. The molecule has 0 radical (unpaired) electrons. The summed E-state index contributed by atoms with van der Waals surface area (Å²) in [6, 6.07) is 13.6. The maximum atomic E-state index is 10.7. The lowest BCUT2D eigenvalue weighted by Gasteiger charge is -2.38. The third kappa shape index (κ3) is 4.12. The zero-order valence-corrected chi connectivity index (χ0v) is 16.0. The summed E-state index contributed by atoms with van der Waals surface area (Å²) in [5, 5.41) is 21.4. The summed E-state index contributed by atoms with van der Waals surface area (Å²) in [7, 11) is 0. The topological polar surface area (TPSA) is 40.5 Å². The SMILES string of the molecule is CC1CCC(C(C)C)C(c2c(O)cc(/C=C/c3ccccc3)cc2O)C1. The van der Waals surface area contributed by atoms with Gasteiger partial charge in [0.25, 0.3) is 0 Å². The highest BCUT2D eigenvalue weighted by Crippen LogP contribution is 2.49. The van der Waals surface area contributed by atoms with Gasteiger partial charge in [0, 0.05) is 5.56 Å². The Balaban J connectivity index is 1.90. The molecule has 2 nitrogen and oxygen atoms in total.